The summed E-state index contributed by atoms with van der Waals surface area (Å²) in [5, 5.41) is -14.0. The van der Waals surface area contributed by atoms with Crippen LogP contribution >= 0.6 is 24.1 Å². The Morgan fingerprint density at radius 1 is 0.529 bits per heavy atom. The second-order valence-corrected chi connectivity index (χ2v) is 11.2. The van der Waals surface area contributed by atoms with Crippen LogP contribution in [0.4, 0.5) is 35.1 Å². The molecule has 0 aliphatic carbocycles. The van der Waals surface area contributed by atoms with Crippen LogP contribution in [-0.4, -0.2) is 39.2 Å². The van der Waals surface area contributed by atoms with Crippen LogP contribution in [0.1, 0.15) is 0 Å². The predicted octanol–water partition coefficient (Wildman–Crippen LogP) is 5.55. The van der Waals surface area contributed by atoms with Gasteiger partial charge in [-0.1, -0.05) is 36.4 Å². The van der Waals surface area contributed by atoms with Crippen molar-refractivity contribution in [2.75, 3.05) is 0 Å². The van der Waals surface area contributed by atoms with Gasteiger partial charge >= 0.3 is 42.6 Å². The van der Waals surface area contributed by atoms with Crippen LogP contribution < -0.4 is 0 Å². The molecule has 0 heterocycles. The molecular weight excluding hydrogens is 568 g/mol. The molecule has 0 fully saturated rings. The van der Waals surface area contributed by atoms with Crippen LogP contribution in [0.5, 0.6) is 0 Å². The Morgan fingerprint density at radius 3 is 1.06 bits per heavy atom. The van der Waals surface area contributed by atoms with Crippen LogP contribution in [0.25, 0.3) is 0 Å². The highest BCUT2D eigenvalue weighted by atomic mass is 32.3. The summed E-state index contributed by atoms with van der Waals surface area (Å²) in [5.41, 5.74) is 0. The fraction of sp³-hybridized carbons (Fsp3) is 0.250. The lowest BCUT2D eigenvalue weighted by Crippen LogP contribution is -2.66. The topological polar surface area (TPSA) is 86.7 Å². The SMILES string of the molecule is O=S(=O)(OSc1ccccc1)C(F)(F)C(F)(F)C(F)(F)C(F)(F)S(=O)(=O)OSc1ccccc1. The van der Waals surface area contributed by atoms with Crippen molar-refractivity contribution >= 4 is 44.3 Å². The minimum atomic E-state index is -7.49. The molecule has 0 saturated carbocycles. The van der Waals surface area contributed by atoms with Crippen molar-refractivity contribution in [2.24, 2.45) is 0 Å². The predicted molar refractivity (Wildman–Crippen MR) is 104 cm³/mol. The van der Waals surface area contributed by atoms with E-state index in [0.29, 0.717) is 0 Å². The average Bonchev–Trinajstić information content (AvgIpc) is 2.77. The molecule has 6 nitrogen and oxygen atoms in total. The molecule has 190 valence electrons. The summed E-state index contributed by atoms with van der Waals surface area (Å²) >= 11 is -0.960. The Balaban J connectivity index is 2.34. The molecule has 2 aromatic carbocycles. The number of hydrogen-bond acceptors (Lipinski definition) is 8. The summed E-state index contributed by atoms with van der Waals surface area (Å²) in [5.74, 6) is -15.0. The zero-order valence-electron chi connectivity index (χ0n) is 15.9. The third-order valence-corrected chi connectivity index (χ3v) is 8.35. The third-order valence-electron chi connectivity index (χ3n) is 3.68. The van der Waals surface area contributed by atoms with Crippen molar-refractivity contribution in [3.8, 4) is 0 Å². The lowest BCUT2D eigenvalue weighted by Gasteiger charge is -2.34. The van der Waals surface area contributed by atoms with Gasteiger partial charge in [-0.15, -0.1) is 0 Å². The van der Waals surface area contributed by atoms with Crippen LogP contribution in [0.15, 0.2) is 70.5 Å². The minimum Gasteiger partial charge on any atom is -0.192 e. The first kappa shape index (κ1) is 28.6. The first-order chi connectivity index (χ1) is 15.4. The standard InChI is InChI=1S/C16H10F8O6S4/c17-13(18,15(21,22)33(25,26)29-31-11-7-3-1-4-8-11)14(19,20)16(23,24)34(27,28)30-32-12-9-5-2-6-10-12/h1-10H. The number of hydrogen-bond donors (Lipinski definition) is 0. The Hall–Kier alpha value is -1.60. The normalized spacial score (nSPS) is 14.2. The zero-order valence-corrected chi connectivity index (χ0v) is 19.1. The molecule has 0 amide bonds. The summed E-state index contributed by atoms with van der Waals surface area (Å²) in [6.45, 7) is 0. The largest absolute Gasteiger partial charge is 0.439 e. The van der Waals surface area contributed by atoms with Gasteiger partial charge in [-0.05, 0) is 24.3 Å². The van der Waals surface area contributed by atoms with Gasteiger partial charge in [-0.25, -0.2) is 0 Å². The van der Waals surface area contributed by atoms with E-state index in [1.807, 2.05) is 0 Å². The Bertz CT molecular complexity index is 1100. The fourth-order valence-corrected chi connectivity index (χ4v) is 5.33. The van der Waals surface area contributed by atoms with Gasteiger partial charge in [0.1, 0.15) is 0 Å². The summed E-state index contributed by atoms with van der Waals surface area (Å²) in [6, 6.07) is 11.9. The molecule has 0 atom stereocenters. The first-order valence-corrected chi connectivity index (χ1v) is 12.5. The van der Waals surface area contributed by atoms with Crippen LogP contribution in [0.3, 0.4) is 0 Å². The molecule has 2 aromatic rings. The van der Waals surface area contributed by atoms with Gasteiger partial charge < -0.3 is 0 Å². The lowest BCUT2D eigenvalue weighted by molar-refractivity contribution is -0.327. The van der Waals surface area contributed by atoms with E-state index in [0.717, 1.165) is 24.3 Å². The maximum absolute atomic E-state index is 14.0. The average molecular weight is 579 g/mol. The second kappa shape index (κ2) is 9.81. The molecule has 0 N–H and O–H groups in total. The molecule has 0 bridgehead atoms. The molecule has 0 saturated heterocycles. The number of benzene rings is 2. The van der Waals surface area contributed by atoms with Gasteiger partial charge in [0.05, 0.1) is 0 Å². The van der Waals surface area contributed by atoms with E-state index in [1.165, 1.54) is 36.4 Å². The van der Waals surface area contributed by atoms with E-state index in [9.17, 15) is 52.0 Å². The smallest absolute Gasteiger partial charge is 0.192 e. The summed E-state index contributed by atoms with van der Waals surface area (Å²) in [4.78, 5) is -0.535. The van der Waals surface area contributed by atoms with Crippen molar-refractivity contribution in [1.29, 1.82) is 0 Å². The highest BCUT2D eigenvalue weighted by Gasteiger charge is 2.88. The highest BCUT2D eigenvalue weighted by Crippen LogP contribution is 2.57. The molecule has 0 aliphatic heterocycles. The quantitative estimate of drug-likeness (QED) is 0.254. The highest BCUT2D eigenvalue weighted by molar-refractivity contribution is 8.05. The van der Waals surface area contributed by atoms with Crippen molar-refractivity contribution in [1.82, 2.24) is 0 Å². The van der Waals surface area contributed by atoms with Gasteiger partial charge in [0, 0.05) is 33.9 Å². The van der Waals surface area contributed by atoms with E-state index in [4.69, 9.17) is 0 Å². The molecule has 0 aromatic heterocycles. The molecule has 2 rings (SSSR count). The first-order valence-electron chi connectivity index (χ1n) is 8.23. The zero-order chi connectivity index (χ0) is 26.1. The molecule has 0 radical (unpaired) electrons. The molecule has 0 unspecified atom stereocenters. The van der Waals surface area contributed by atoms with Crippen molar-refractivity contribution in [3.05, 3.63) is 60.7 Å². The summed E-state index contributed by atoms with van der Waals surface area (Å²) < 4.78 is 166. The molecule has 0 aliphatic rings. The van der Waals surface area contributed by atoms with Crippen molar-refractivity contribution in [2.45, 2.75) is 32.1 Å². The van der Waals surface area contributed by atoms with E-state index < -0.39 is 66.7 Å². The molecule has 18 heteroatoms. The Labute approximate surface area is 196 Å². The maximum atomic E-state index is 14.0. The van der Waals surface area contributed by atoms with E-state index in [2.05, 4.69) is 7.26 Å². The number of halogens is 8. The van der Waals surface area contributed by atoms with Crippen LogP contribution in [-0.2, 0) is 27.5 Å². The number of rotatable bonds is 11. The Kier molecular flexibility index (Phi) is 8.26. The maximum Gasteiger partial charge on any atom is 0.439 e. The second-order valence-electron chi connectivity index (χ2n) is 6.02. The number of alkyl halides is 8. The van der Waals surface area contributed by atoms with Gasteiger partial charge in [-0.2, -0.15) is 59.2 Å². The van der Waals surface area contributed by atoms with Crippen molar-refractivity contribution < 1.29 is 59.2 Å². The van der Waals surface area contributed by atoms with Crippen molar-refractivity contribution in [3.63, 3.8) is 0 Å². The van der Waals surface area contributed by atoms with Crippen LogP contribution in [0.2, 0.25) is 0 Å². The van der Waals surface area contributed by atoms with Gasteiger partial charge in [-0.3, -0.25) is 0 Å². The van der Waals surface area contributed by atoms with Crippen LogP contribution in [0, 0.1) is 0 Å². The van der Waals surface area contributed by atoms with Gasteiger partial charge in [0.2, 0.25) is 0 Å². The minimum absolute atomic E-state index is 0.267. The van der Waals surface area contributed by atoms with E-state index in [-0.39, 0.29) is 9.79 Å². The van der Waals surface area contributed by atoms with Gasteiger partial charge in [0.25, 0.3) is 0 Å². The monoisotopic (exact) mass is 578 g/mol. The summed E-state index contributed by atoms with van der Waals surface area (Å²) in [7, 11) is -14.1. The Morgan fingerprint density at radius 2 is 0.794 bits per heavy atom. The summed E-state index contributed by atoms with van der Waals surface area (Å²) in [6.07, 6.45) is 0. The molecular formula is C16H10F8O6S4. The van der Waals surface area contributed by atoms with E-state index >= 15 is 0 Å². The van der Waals surface area contributed by atoms with E-state index in [1.54, 1.807) is 0 Å². The van der Waals surface area contributed by atoms with Gasteiger partial charge in [0.15, 0.2) is 0 Å². The fourth-order valence-electron chi connectivity index (χ4n) is 1.89. The molecule has 34 heavy (non-hydrogen) atoms. The molecule has 0 spiro atoms. The third kappa shape index (κ3) is 5.15. The lowest BCUT2D eigenvalue weighted by atomic mass is 10.2.